The van der Waals surface area contributed by atoms with E-state index < -0.39 is 0 Å². The molecule has 1 amide bonds. The Kier molecular flexibility index (Phi) is 5.10. The smallest absolute Gasteiger partial charge is 0.255 e. The van der Waals surface area contributed by atoms with E-state index in [0.29, 0.717) is 33.7 Å². The van der Waals surface area contributed by atoms with Crippen molar-refractivity contribution in [3.63, 3.8) is 0 Å². The average molecular weight is 324 g/mol. The van der Waals surface area contributed by atoms with Crippen molar-refractivity contribution in [3.05, 3.63) is 57.6 Å². The standard InChI is InChI=1S/C16H15Cl2NO2/c1-3-21-15-8-7-11(9-13(15)18)16(20)19-14-6-4-5-12(17)10(14)2/h4-9H,3H2,1-2H3,(H,19,20). The maximum Gasteiger partial charge on any atom is 0.255 e. The Morgan fingerprint density at radius 3 is 2.62 bits per heavy atom. The zero-order valence-corrected chi connectivity index (χ0v) is 13.3. The number of anilines is 1. The van der Waals surface area contributed by atoms with Crippen LogP contribution >= 0.6 is 23.2 Å². The molecule has 0 heterocycles. The topological polar surface area (TPSA) is 38.3 Å². The summed E-state index contributed by atoms with van der Waals surface area (Å²) in [6.07, 6.45) is 0. The second kappa shape index (κ2) is 6.83. The average Bonchev–Trinajstić information content (AvgIpc) is 2.46. The molecule has 110 valence electrons. The van der Waals surface area contributed by atoms with Gasteiger partial charge in [-0.25, -0.2) is 0 Å². The third-order valence-corrected chi connectivity index (χ3v) is 3.71. The number of carbonyl (C=O) groups is 1. The number of rotatable bonds is 4. The monoisotopic (exact) mass is 323 g/mol. The molecular weight excluding hydrogens is 309 g/mol. The summed E-state index contributed by atoms with van der Waals surface area (Å²) in [6.45, 7) is 4.24. The molecule has 2 aromatic carbocycles. The van der Waals surface area contributed by atoms with Crippen molar-refractivity contribution < 1.29 is 9.53 Å². The van der Waals surface area contributed by atoms with Crippen LogP contribution in [0.3, 0.4) is 0 Å². The van der Waals surface area contributed by atoms with Crippen molar-refractivity contribution in [2.24, 2.45) is 0 Å². The van der Waals surface area contributed by atoms with Crippen LogP contribution in [-0.4, -0.2) is 12.5 Å². The molecule has 0 saturated carbocycles. The van der Waals surface area contributed by atoms with Gasteiger partial charge < -0.3 is 10.1 Å². The highest BCUT2D eigenvalue weighted by Gasteiger charge is 2.11. The molecular formula is C16H15Cl2NO2. The quantitative estimate of drug-likeness (QED) is 0.864. The maximum absolute atomic E-state index is 12.2. The summed E-state index contributed by atoms with van der Waals surface area (Å²) in [7, 11) is 0. The number of halogens is 2. The van der Waals surface area contributed by atoms with Crippen LogP contribution in [0.25, 0.3) is 0 Å². The van der Waals surface area contributed by atoms with Crippen molar-refractivity contribution >= 4 is 34.8 Å². The summed E-state index contributed by atoms with van der Waals surface area (Å²) in [5, 5.41) is 3.84. The van der Waals surface area contributed by atoms with Crippen LogP contribution in [0.5, 0.6) is 5.75 Å². The van der Waals surface area contributed by atoms with Gasteiger partial charge in [0.1, 0.15) is 5.75 Å². The molecule has 0 aliphatic heterocycles. The van der Waals surface area contributed by atoms with E-state index in [9.17, 15) is 4.79 Å². The van der Waals surface area contributed by atoms with Crippen LogP contribution in [0, 0.1) is 6.92 Å². The lowest BCUT2D eigenvalue weighted by Crippen LogP contribution is -2.13. The molecule has 0 atom stereocenters. The Bertz CT molecular complexity index is 671. The van der Waals surface area contributed by atoms with Crippen LogP contribution in [0.4, 0.5) is 5.69 Å². The van der Waals surface area contributed by atoms with E-state index in [1.807, 2.05) is 13.8 Å². The zero-order chi connectivity index (χ0) is 15.4. The van der Waals surface area contributed by atoms with Crippen LogP contribution in [-0.2, 0) is 0 Å². The van der Waals surface area contributed by atoms with Gasteiger partial charge in [0.2, 0.25) is 0 Å². The van der Waals surface area contributed by atoms with Crippen molar-refractivity contribution in [2.45, 2.75) is 13.8 Å². The summed E-state index contributed by atoms with van der Waals surface area (Å²) >= 11 is 12.1. The number of hydrogen-bond acceptors (Lipinski definition) is 2. The van der Waals surface area contributed by atoms with Crippen molar-refractivity contribution in [1.82, 2.24) is 0 Å². The molecule has 0 radical (unpaired) electrons. The fourth-order valence-electron chi connectivity index (χ4n) is 1.85. The predicted octanol–water partition coefficient (Wildman–Crippen LogP) is 4.95. The van der Waals surface area contributed by atoms with E-state index in [4.69, 9.17) is 27.9 Å². The number of ether oxygens (including phenoxy) is 1. The molecule has 1 N–H and O–H groups in total. The van der Waals surface area contributed by atoms with Gasteiger partial charge in [0.05, 0.1) is 11.6 Å². The van der Waals surface area contributed by atoms with E-state index in [0.717, 1.165) is 5.56 Å². The van der Waals surface area contributed by atoms with E-state index in [1.165, 1.54) is 0 Å². The molecule has 2 aromatic rings. The second-order valence-corrected chi connectivity index (χ2v) is 5.26. The highest BCUT2D eigenvalue weighted by molar-refractivity contribution is 6.32. The summed E-state index contributed by atoms with van der Waals surface area (Å²) < 4.78 is 5.34. The van der Waals surface area contributed by atoms with Gasteiger partial charge in [-0.05, 0) is 49.7 Å². The fourth-order valence-corrected chi connectivity index (χ4v) is 2.26. The summed E-state index contributed by atoms with van der Waals surface area (Å²) in [5.74, 6) is 0.319. The minimum atomic E-state index is -0.245. The molecule has 2 rings (SSSR count). The van der Waals surface area contributed by atoms with Gasteiger partial charge in [-0.1, -0.05) is 29.3 Å². The predicted molar refractivity (Wildman–Crippen MR) is 86.8 cm³/mol. The lowest BCUT2D eigenvalue weighted by Gasteiger charge is -2.11. The number of nitrogens with one attached hydrogen (secondary N) is 1. The lowest BCUT2D eigenvalue weighted by molar-refractivity contribution is 0.102. The van der Waals surface area contributed by atoms with Crippen LogP contribution < -0.4 is 10.1 Å². The Balaban J connectivity index is 2.21. The third kappa shape index (κ3) is 3.69. The first-order valence-corrected chi connectivity index (χ1v) is 7.27. The molecule has 0 aromatic heterocycles. The Morgan fingerprint density at radius 1 is 1.19 bits per heavy atom. The largest absolute Gasteiger partial charge is 0.492 e. The molecule has 0 saturated heterocycles. The summed E-state index contributed by atoms with van der Waals surface area (Å²) in [6, 6.07) is 10.3. The molecule has 21 heavy (non-hydrogen) atoms. The second-order valence-electron chi connectivity index (χ2n) is 4.44. The number of carbonyl (C=O) groups excluding carboxylic acids is 1. The van der Waals surface area contributed by atoms with Crippen LogP contribution in [0.15, 0.2) is 36.4 Å². The highest BCUT2D eigenvalue weighted by Crippen LogP contribution is 2.27. The van der Waals surface area contributed by atoms with Gasteiger partial charge in [-0.15, -0.1) is 0 Å². The Labute approximate surface area is 133 Å². The molecule has 0 unspecified atom stereocenters. The number of amides is 1. The van der Waals surface area contributed by atoms with Crippen LogP contribution in [0.2, 0.25) is 10.0 Å². The maximum atomic E-state index is 12.2. The summed E-state index contributed by atoms with van der Waals surface area (Å²) in [5.41, 5.74) is 1.96. The Morgan fingerprint density at radius 2 is 1.95 bits per heavy atom. The first kappa shape index (κ1) is 15.7. The first-order chi connectivity index (χ1) is 10.0. The fraction of sp³-hybridized carbons (Fsp3) is 0.188. The summed E-state index contributed by atoms with van der Waals surface area (Å²) in [4.78, 5) is 12.2. The molecule has 3 nitrogen and oxygen atoms in total. The minimum absolute atomic E-state index is 0.245. The van der Waals surface area contributed by atoms with E-state index in [-0.39, 0.29) is 5.91 Å². The van der Waals surface area contributed by atoms with Crippen molar-refractivity contribution in [2.75, 3.05) is 11.9 Å². The SMILES string of the molecule is CCOc1ccc(C(=O)Nc2cccc(Cl)c2C)cc1Cl. The first-order valence-electron chi connectivity index (χ1n) is 6.51. The molecule has 5 heteroatoms. The molecule has 0 aliphatic rings. The van der Waals surface area contributed by atoms with Gasteiger partial charge in [0.15, 0.2) is 0 Å². The van der Waals surface area contributed by atoms with Gasteiger partial charge in [0.25, 0.3) is 5.91 Å². The van der Waals surface area contributed by atoms with E-state index in [1.54, 1.807) is 36.4 Å². The van der Waals surface area contributed by atoms with Gasteiger partial charge in [0, 0.05) is 16.3 Å². The lowest BCUT2D eigenvalue weighted by atomic mass is 10.1. The normalized spacial score (nSPS) is 10.3. The van der Waals surface area contributed by atoms with Gasteiger partial charge in [-0.2, -0.15) is 0 Å². The Hall–Kier alpha value is -1.71. The van der Waals surface area contributed by atoms with Gasteiger partial charge >= 0.3 is 0 Å². The minimum Gasteiger partial charge on any atom is -0.492 e. The van der Waals surface area contributed by atoms with Gasteiger partial charge in [-0.3, -0.25) is 4.79 Å². The molecule has 0 aliphatic carbocycles. The zero-order valence-electron chi connectivity index (χ0n) is 11.7. The van der Waals surface area contributed by atoms with Crippen LogP contribution in [0.1, 0.15) is 22.8 Å². The van der Waals surface area contributed by atoms with E-state index in [2.05, 4.69) is 5.32 Å². The number of benzene rings is 2. The molecule has 0 fully saturated rings. The number of hydrogen-bond donors (Lipinski definition) is 1. The molecule has 0 spiro atoms. The van der Waals surface area contributed by atoms with E-state index >= 15 is 0 Å². The molecule has 0 bridgehead atoms. The third-order valence-electron chi connectivity index (χ3n) is 3.01. The highest BCUT2D eigenvalue weighted by atomic mass is 35.5. The van der Waals surface area contributed by atoms with Crippen molar-refractivity contribution in [3.8, 4) is 5.75 Å². The van der Waals surface area contributed by atoms with Crippen molar-refractivity contribution in [1.29, 1.82) is 0 Å².